The SMILES string of the molecule is CCO[C@H](C)OC(C)(C)C=CCC(C)=CCOc1c2ccoc2cc2oc(=O)ccc12. The zero-order valence-corrected chi connectivity index (χ0v) is 18.8. The third-order valence-corrected chi connectivity index (χ3v) is 4.80. The first kappa shape index (κ1) is 22.8. The van der Waals surface area contributed by atoms with Crippen LogP contribution in [-0.4, -0.2) is 25.1 Å². The van der Waals surface area contributed by atoms with Crippen LogP contribution in [0.3, 0.4) is 0 Å². The van der Waals surface area contributed by atoms with E-state index in [0.717, 1.165) is 17.2 Å². The lowest BCUT2D eigenvalue weighted by Crippen LogP contribution is -2.28. The highest BCUT2D eigenvalue weighted by atomic mass is 16.7. The number of furan rings is 1. The van der Waals surface area contributed by atoms with Crippen LogP contribution in [0.4, 0.5) is 0 Å². The summed E-state index contributed by atoms with van der Waals surface area (Å²) in [4.78, 5) is 11.6. The first-order chi connectivity index (χ1) is 14.8. The van der Waals surface area contributed by atoms with Crippen LogP contribution < -0.4 is 10.4 Å². The lowest BCUT2D eigenvalue weighted by molar-refractivity contribution is -0.173. The van der Waals surface area contributed by atoms with Gasteiger partial charge in [0.1, 0.15) is 23.5 Å². The predicted octanol–water partition coefficient (Wildman–Crippen LogP) is 5.99. The molecule has 0 amide bonds. The van der Waals surface area contributed by atoms with Gasteiger partial charge in [0.15, 0.2) is 6.29 Å². The van der Waals surface area contributed by atoms with Gasteiger partial charge in [-0.3, -0.25) is 0 Å². The molecular weight excluding hydrogens is 396 g/mol. The van der Waals surface area contributed by atoms with E-state index >= 15 is 0 Å². The highest BCUT2D eigenvalue weighted by Crippen LogP contribution is 2.35. The molecule has 0 saturated carbocycles. The molecule has 0 aliphatic carbocycles. The van der Waals surface area contributed by atoms with Crippen LogP contribution in [0.1, 0.15) is 41.0 Å². The topological polar surface area (TPSA) is 71.0 Å². The Morgan fingerprint density at radius 1 is 1.19 bits per heavy atom. The van der Waals surface area contributed by atoms with Crippen molar-refractivity contribution in [2.75, 3.05) is 13.2 Å². The molecule has 0 N–H and O–H groups in total. The standard InChI is InChI=1S/C25H30O6/c1-6-27-18(3)31-25(4,5)13-7-8-17(2)11-14-29-24-19-9-10-23(26)30-22(19)16-21-20(24)12-15-28-21/h7,9-13,15-16,18H,6,8,14H2,1-5H3/t18-/m0/s1. The van der Waals surface area contributed by atoms with Gasteiger partial charge in [-0.15, -0.1) is 0 Å². The van der Waals surface area contributed by atoms with Crippen LogP contribution in [0.5, 0.6) is 5.75 Å². The van der Waals surface area contributed by atoms with Gasteiger partial charge in [-0.1, -0.05) is 17.7 Å². The third-order valence-electron chi connectivity index (χ3n) is 4.80. The minimum atomic E-state index is -0.412. The number of hydrogen-bond donors (Lipinski definition) is 0. The fourth-order valence-corrected chi connectivity index (χ4v) is 3.38. The Kier molecular flexibility index (Phi) is 7.36. The van der Waals surface area contributed by atoms with E-state index in [1.807, 2.05) is 45.9 Å². The summed E-state index contributed by atoms with van der Waals surface area (Å²) >= 11 is 0. The second-order valence-electron chi connectivity index (χ2n) is 7.92. The second-order valence-corrected chi connectivity index (χ2v) is 7.92. The Morgan fingerprint density at radius 2 is 1.97 bits per heavy atom. The van der Waals surface area contributed by atoms with E-state index in [1.165, 1.54) is 11.6 Å². The van der Waals surface area contributed by atoms with Crippen LogP contribution in [0.2, 0.25) is 0 Å². The normalized spacial score (nSPS) is 14.0. The van der Waals surface area contributed by atoms with Crippen molar-refractivity contribution >= 4 is 21.9 Å². The van der Waals surface area contributed by atoms with Crippen LogP contribution in [0.15, 0.2) is 68.0 Å². The molecule has 166 valence electrons. The van der Waals surface area contributed by atoms with Crippen molar-refractivity contribution in [1.29, 1.82) is 0 Å². The molecule has 0 saturated heterocycles. The fourth-order valence-electron chi connectivity index (χ4n) is 3.38. The van der Waals surface area contributed by atoms with Crippen LogP contribution in [-0.2, 0) is 9.47 Å². The van der Waals surface area contributed by atoms with Crippen LogP contribution >= 0.6 is 0 Å². The summed E-state index contributed by atoms with van der Waals surface area (Å²) in [5.74, 6) is 0.643. The van der Waals surface area contributed by atoms with E-state index in [-0.39, 0.29) is 6.29 Å². The van der Waals surface area contributed by atoms with Gasteiger partial charge < -0.3 is 23.0 Å². The Balaban J connectivity index is 1.65. The van der Waals surface area contributed by atoms with Gasteiger partial charge in [-0.2, -0.15) is 0 Å². The molecule has 0 aliphatic heterocycles. The number of hydrogen-bond acceptors (Lipinski definition) is 6. The summed E-state index contributed by atoms with van der Waals surface area (Å²) < 4.78 is 28.2. The number of ether oxygens (including phenoxy) is 3. The van der Waals surface area contributed by atoms with E-state index in [4.69, 9.17) is 23.0 Å². The van der Waals surface area contributed by atoms with Crippen molar-refractivity contribution in [3.8, 4) is 5.75 Å². The summed E-state index contributed by atoms with van der Waals surface area (Å²) in [5, 5.41) is 1.58. The highest BCUT2D eigenvalue weighted by Gasteiger charge is 2.18. The van der Waals surface area contributed by atoms with Gasteiger partial charge in [0.2, 0.25) is 0 Å². The van der Waals surface area contributed by atoms with Gasteiger partial charge in [0.05, 0.1) is 22.6 Å². The lowest BCUT2D eigenvalue weighted by Gasteiger charge is -2.26. The number of rotatable bonds is 10. The second kappa shape index (κ2) is 9.98. The molecule has 0 radical (unpaired) electrons. The van der Waals surface area contributed by atoms with Crippen molar-refractivity contribution in [3.05, 3.63) is 64.7 Å². The monoisotopic (exact) mass is 426 g/mol. The first-order valence-corrected chi connectivity index (χ1v) is 10.5. The molecule has 0 spiro atoms. The van der Waals surface area contributed by atoms with Crippen LogP contribution in [0, 0.1) is 0 Å². The molecular formula is C25H30O6. The van der Waals surface area contributed by atoms with E-state index in [2.05, 4.69) is 13.0 Å². The lowest BCUT2D eigenvalue weighted by atomic mass is 10.1. The minimum Gasteiger partial charge on any atom is -0.488 e. The number of fused-ring (bicyclic) bond motifs is 2. The minimum absolute atomic E-state index is 0.250. The largest absolute Gasteiger partial charge is 0.488 e. The molecule has 6 heteroatoms. The molecule has 0 bridgehead atoms. The number of allylic oxidation sites excluding steroid dienone is 2. The van der Waals surface area contributed by atoms with E-state index < -0.39 is 11.2 Å². The van der Waals surface area contributed by atoms with Crippen LogP contribution in [0.25, 0.3) is 21.9 Å². The number of benzene rings is 1. The molecule has 0 unspecified atom stereocenters. The van der Waals surface area contributed by atoms with Gasteiger partial charge in [-0.05, 0) is 59.2 Å². The van der Waals surface area contributed by atoms with E-state index in [9.17, 15) is 4.79 Å². The summed E-state index contributed by atoms with van der Waals surface area (Å²) in [5.41, 5.74) is 1.40. The fraction of sp³-hybridized carbons (Fsp3) is 0.400. The molecule has 6 nitrogen and oxygen atoms in total. The Hall–Kier alpha value is -2.83. The van der Waals surface area contributed by atoms with Crippen molar-refractivity contribution in [3.63, 3.8) is 0 Å². The summed E-state index contributed by atoms with van der Waals surface area (Å²) in [6, 6.07) is 6.66. The average Bonchev–Trinajstić information content (AvgIpc) is 3.15. The molecule has 31 heavy (non-hydrogen) atoms. The van der Waals surface area contributed by atoms with Gasteiger partial charge in [-0.25, -0.2) is 4.79 Å². The molecule has 2 heterocycles. The van der Waals surface area contributed by atoms with Crippen molar-refractivity contribution in [2.45, 2.75) is 52.9 Å². The molecule has 0 aliphatic rings. The maximum absolute atomic E-state index is 11.6. The zero-order chi connectivity index (χ0) is 22.4. The first-order valence-electron chi connectivity index (χ1n) is 10.5. The van der Waals surface area contributed by atoms with E-state index in [0.29, 0.717) is 30.1 Å². The Bertz CT molecular complexity index is 1130. The average molecular weight is 427 g/mol. The Morgan fingerprint density at radius 3 is 2.74 bits per heavy atom. The van der Waals surface area contributed by atoms with Crippen molar-refractivity contribution < 1.29 is 23.0 Å². The van der Waals surface area contributed by atoms with Crippen molar-refractivity contribution in [1.82, 2.24) is 0 Å². The van der Waals surface area contributed by atoms with Crippen molar-refractivity contribution in [2.24, 2.45) is 0 Å². The van der Waals surface area contributed by atoms with E-state index in [1.54, 1.807) is 18.4 Å². The van der Waals surface area contributed by atoms with Gasteiger partial charge >= 0.3 is 5.63 Å². The predicted molar refractivity (Wildman–Crippen MR) is 122 cm³/mol. The summed E-state index contributed by atoms with van der Waals surface area (Å²) in [6.07, 6.45) is 8.29. The molecule has 1 atom stereocenters. The molecule has 2 aromatic heterocycles. The Labute approximate surface area is 182 Å². The summed E-state index contributed by atoms with van der Waals surface area (Å²) in [7, 11) is 0. The maximum atomic E-state index is 11.6. The summed E-state index contributed by atoms with van der Waals surface area (Å²) in [6.45, 7) is 10.9. The third kappa shape index (κ3) is 6.09. The molecule has 3 rings (SSSR count). The smallest absolute Gasteiger partial charge is 0.336 e. The van der Waals surface area contributed by atoms with Gasteiger partial charge in [0, 0.05) is 18.7 Å². The quantitative estimate of drug-likeness (QED) is 0.225. The molecule has 0 fully saturated rings. The highest BCUT2D eigenvalue weighted by molar-refractivity contribution is 6.01. The zero-order valence-electron chi connectivity index (χ0n) is 18.8. The molecule has 1 aromatic carbocycles. The van der Waals surface area contributed by atoms with Gasteiger partial charge in [0.25, 0.3) is 0 Å². The maximum Gasteiger partial charge on any atom is 0.336 e. The molecule has 3 aromatic rings.